The van der Waals surface area contributed by atoms with E-state index in [9.17, 15) is 19.6 Å². The van der Waals surface area contributed by atoms with Crippen molar-refractivity contribution in [1.82, 2.24) is 5.32 Å². The first kappa shape index (κ1) is 23.2. The number of methoxy groups -OCH3 is 1. The smallest absolute Gasteiger partial charge is 0.340 e. The van der Waals surface area contributed by atoms with Crippen LogP contribution >= 0.6 is 0 Å². The summed E-state index contributed by atoms with van der Waals surface area (Å²) in [7, 11) is 4.58. The molecule has 1 aromatic carbocycles. The molecule has 0 aliphatic heterocycles. The normalized spacial score (nSPS) is 12.5. The van der Waals surface area contributed by atoms with Crippen molar-refractivity contribution in [1.29, 1.82) is 0 Å². The maximum atomic E-state index is 12.4. The fraction of sp³-hybridized carbons (Fsp3) is 0.500. The van der Waals surface area contributed by atoms with Crippen LogP contribution in [0.5, 0.6) is 0 Å². The first-order valence-corrected chi connectivity index (χ1v) is 8.64. The molecular weight excluding hydrogens is 370 g/mol. The molecule has 10 heteroatoms. The summed E-state index contributed by atoms with van der Waals surface area (Å²) in [4.78, 5) is 37.9. The Kier molecular flexibility index (Phi) is 8.68. The predicted octanol–water partition coefficient (Wildman–Crippen LogP) is 1.31. The number of nitrogens with zero attached hydrogens (tertiary/aromatic N) is 2. The number of ether oxygens (including phenoxy) is 2. The molecule has 0 radical (unpaired) electrons. The highest BCUT2D eigenvalue weighted by molar-refractivity contribution is 5.98. The number of benzene rings is 1. The average molecular weight is 396 g/mol. The van der Waals surface area contributed by atoms with Crippen molar-refractivity contribution >= 4 is 29.2 Å². The van der Waals surface area contributed by atoms with Crippen molar-refractivity contribution in [2.24, 2.45) is 5.92 Å². The van der Waals surface area contributed by atoms with E-state index in [2.05, 4.69) is 10.1 Å². The van der Waals surface area contributed by atoms with Crippen molar-refractivity contribution in [3.63, 3.8) is 0 Å². The van der Waals surface area contributed by atoms with Gasteiger partial charge >= 0.3 is 11.9 Å². The standard InChI is InChI=1S/C18H26N3O7/c1-6-11(2)16(18(24)27-5)19-15(22)10-28-17(23)13-9-12(21(25)26)7-8-14(13)20(3)4/h7-9,11,16,25H,6,10H2,1-5H3,(H,19,22)/q-1/t11-,16-/m1/s1. The molecule has 2 atom stereocenters. The Morgan fingerprint density at radius 3 is 2.43 bits per heavy atom. The third-order valence-corrected chi connectivity index (χ3v) is 4.22. The van der Waals surface area contributed by atoms with Crippen LogP contribution in [0.15, 0.2) is 18.2 Å². The number of carbonyl (C=O) groups is 3. The van der Waals surface area contributed by atoms with Crippen LogP contribution in [0.25, 0.3) is 0 Å². The number of rotatable bonds is 9. The summed E-state index contributed by atoms with van der Waals surface area (Å²) < 4.78 is 9.70. The highest BCUT2D eigenvalue weighted by Gasteiger charge is 2.27. The first-order valence-electron chi connectivity index (χ1n) is 8.64. The quantitative estimate of drug-likeness (QED) is 0.468. The van der Waals surface area contributed by atoms with Crippen LogP contribution in [0, 0.1) is 11.1 Å². The van der Waals surface area contributed by atoms with E-state index in [1.807, 2.05) is 6.92 Å². The summed E-state index contributed by atoms with van der Waals surface area (Å²) in [5, 5.41) is 22.2. The second kappa shape index (κ2) is 10.5. The SMILES string of the molecule is CC[C@@H](C)[C@@H](NC(=O)COC(=O)c1cc(N([O-])O)ccc1N(C)C)C(=O)OC. The molecule has 0 saturated carbocycles. The number of hydrogen-bond donors (Lipinski definition) is 2. The third-order valence-electron chi connectivity index (χ3n) is 4.22. The van der Waals surface area contributed by atoms with Crippen LogP contribution in [0.3, 0.4) is 0 Å². The van der Waals surface area contributed by atoms with Gasteiger partial charge in [0, 0.05) is 14.1 Å². The molecule has 0 fully saturated rings. The lowest BCUT2D eigenvalue weighted by molar-refractivity contribution is -0.147. The Morgan fingerprint density at radius 2 is 1.93 bits per heavy atom. The second-order valence-electron chi connectivity index (χ2n) is 6.40. The summed E-state index contributed by atoms with van der Waals surface area (Å²) in [6.07, 6.45) is 0.631. The fourth-order valence-electron chi connectivity index (χ4n) is 2.42. The molecule has 1 rings (SSSR count). The van der Waals surface area contributed by atoms with Gasteiger partial charge in [0.2, 0.25) is 0 Å². The van der Waals surface area contributed by atoms with E-state index < -0.39 is 30.5 Å². The van der Waals surface area contributed by atoms with Crippen molar-refractivity contribution in [3.8, 4) is 0 Å². The summed E-state index contributed by atoms with van der Waals surface area (Å²) in [6.45, 7) is 3.02. The summed E-state index contributed by atoms with van der Waals surface area (Å²) in [5.41, 5.74) is 0.268. The molecule has 10 nitrogen and oxygen atoms in total. The maximum absolute atomic E-state index is 12.4. The Labute approximate surface area is 163 Å². The van der Waals surface area contributed by atoms with Crippen LogP contribution < -0.4 is 15.4 Å². The lowest BCUT2D eigenvalue weighted by Gasteiger charge is -2.24. The molecule has 0 unspecified atom stereocenters. The molecule has 1 aromatic rings. The van der Waals surface area contributed by atoms with Gasteiger partial charge in [0.05, 0.1) is 24.0 Å². The number of hydrogen-bond acceptors (Lipinski definition) is 9. The Morgan fingerprint density at radius 1 is 1.29 bits per heavy atom. The third kappa shape index (κ3) is 6.10. The molecule has 1 amide bonds. The van der Waals surface area contributed by atoms with Crippen LogP contribution in [0.2, 0.25) is 0 Å². The molecule has 28 heavy (non-hydrogen) atoms. The topological polar surface area (TPSA) is 131 Å². The fourth-order valence-corrected chi connectivity index (χ4v) is 2.42. The molecule has 0 saturated heterocycles. The zero-order valence-corrected chi connectivity index (χ0v) is 16.6. The Balaban J connectivity index is 2.87. The van der Waals surface area contributed by atoms with Gasteiger partial charge in [0.1, 0.15) is 6.04 Å². The van der Waals surface area contributed by atoms with Gasteiger partial charge in [-0.05, 0) is 24.1 Å². The van der Waals surface area contributed by atoms with E-state index in [1.165, 1.54) is 19.2 Å². The monoisotopic (exact) mass is 396 g/mol. The largest absolute Gasteiger partial charge is 0.733 e. The van der Waals surface area contributed by atoms with Crippen molar-refractivity contribution in [3.05, 3.63) is 29.0 Å². The molecule has 0 aliphatic carbocycles. The summed E-state index contributed by atoms with van der Waals surface area (Å²) in [6, 6.07) is 3.09. The molecule has 0 bridgehead atoms. The van der Waals surface area contributed by atoms with Crippen molar-refractivity contribution in [2.75, 3.05) is 37.9 Å². The number of nitrogens with one attached hydrogen (secondary N) is 1. The lowest BCUT2D eigenvalue weighted by atomic mass is 9.99. The highest BCUT2D eigenvalue weighted by Crippen LogP contribution is 2.25. The summed E-state index contributed by atoms with van der Waals surface area (Å²) in [5.74, 6) is -2.29. The number of esters is 2. The number of amides is 1. The molecule has 156 valence electrons. The van der Waals surface area contributed by atoms with E-state index in [0.29, 0.717) is 12.1 Å². The van der Waals surface area contributed by atoms with E-state index in [4.69, 9.17) is 9.94 Å². The number of carbonyl (C=O) groups excluding carboxylic acids is 3. The molecule has 0 spiro atoms. The number of anilines is 2. The zero-order chi connectivity index (χ0) is 21.4. The van der Waals surface area contributed by atoms with Crippen LogP contribution in [0.1, 0.15) is 30.6 Å². The lowest BCUT2D eigenvalue weighted by Crippen LogP contribution is -2.47. The minimum absolute atomic E-state index is 0.00311. The Bertz CT molecular complexity index is 706. The van der Waals surface area contributed by atoms with E-state index in [0.717, 1.165) is 6.07 Å². The Hall–Kier alpha value is -2.85. The molecule has 0 aliphatic rings. The molecule has 0 aromatic heterocycles. The van der Waals surface area contributed by atoms with E-state index in [-0.39, 0.29) is 22.4 Å². The van der Waals surface area contributed by atoms with Crippen molar-refractivity contribution in [2.45, 2.75) is 26.3 Å². The average Bonchev–Trinajstić information content (AvgIpc) is 2.68. The van der Waals surface area contributed by atoms with Crippen LogP contribution in [-0.2, 0) is 19.1 Å². The molecular formula is C18H26N3O7-. The minimum atomic E-state index is -0.860. The van der Waals surface area contributed by atoms with E-state index >= 15 is 0 Å². The van der Waals surface area contributed by atoms with Gasteiger partial charge in [-0.3, -0.25) is 10.0 Å². The van der Waals surface area contributed by atoms with Gasteiger partial charge in [0.15, 0.2) is 6.61 Å². The van der Waals surface area contributed by atoms with E-state index in [1.54, 1.807) is 25.9 Å². The zero-order valence-electron chi connectivity index (χ0n) is 16.6. The van der Waals surface area contributed by atoms with Crippen molar-refractivity contribution < 1.29 is 29.1 Å². The highest BCUT2D eigenvalue weighted by atomic mass is 16.8. The maximum Gasteiger partial charge on any atom is 0.340 e. The predicted molar refractivity (Wildman–Crippen MR) is 102 cm³/mol. The van der Waals surface area contributed by atoms with Gasteiger partial charge in [-0.2, -0.15) is 0 Å². The van der Waals surface area contributed by atoms with Gasteiger partial charge in [-0.1, -0.05) is 20.3 Å². The summed E-state index contributed by atoms with van der Waals surface area (Å²) >= 11 is 0. The van der Waals surface area contributed by atoms with Crippen LogP contribution in [-0.4, -0.2) is 56.9 Å². The second-order valence-corrected chi connectivity index (χ2v) is 6.40. The van der Waals surface area contributed by atoms with Gasteiger partial charge in [0.25, 0.3) is 5.91 Å². The first-order chi connectivity index (χ1) is 13.1. The minimum Gasteiger partial charge on any atom is -0.733 e. The molecule has 2 N–H and O–H groups in total. The van der Waals surface area contributed by atoms with Gasteiger partial charge in [-0.15, -0.1) is 0 Å². The van der Waals surface area contributed by atoms with Crippen LogP contribution in [0.4, 0.5) is 11.4 Å². The molecule has 0 heterocycles. The van der Waals surface area contributed by atoms with Gasteiger partial charge in [-0.25, -0.2) is 9.59 Å². The van der Waals surface area contributed by atoms with Gasteiger partial charge < -0.3 is 30.1 Å².